The molecule has 3 aromatic rings. The fraction of sp³-hybridized carbons (Fsp3) is 0.294. The van der Waals surface area contributed by atoms with Crippen LogP contribution in [0.25, 0.3) is 11.0 Å². The van der Waals surface area contributed by atoms with Gasteiger partial charge in [-0.15, -0.1) is 0 Å². The third-order valence-electron chi connectivity index (χ3n) is 4.02. The first-order valence-electron chi connectivity index (χ1n) is 7.65. The number of nitrogens with one attached hydrogen (secondary N) is 1. The van der Waals surface area contributed by atoms with Gasteiger partial charge in [0.25, 0.3) is 0 Å². The average Bonchev–Trinajstić information content (AvgIpc) is 3.00. The monoisotopic (exact) mass is 383 g/mol. The van der Waals surface area contributed by atoms with Gasteiger partial charge in [-0.25, -0.2) is 0 Å². The van der Waals surface area contributed by atoms with Crippen molar-refractivity contribution in [2.24, 2.45) is 0 Å². The molecule has 138 valence electrons. The Balaban J connectivity index is 1.90. The van der Waals surface area contributed by atoms with Crippen molar-refractivity contribution in [3.8, 4) is 5.75 Å². The molecule has 0 aliphatic rings. The maximum Gasteiger partial charge on any atom is 0.416 e. The first-order chi connectivity index (χ1) is 12.2. The van der Waals surface area contributed by atoms with Crippen LogP contribution in [-0.4, -0.2) is 26.6 Å². The number of aromatic amines is 1. The van der Waals surface area contributed by atoms with Crippen molar-refractivity contribution in [1.82, 2.24) is 15.0 Å². The van der Waals surface area contributed by atoms with Crippen LogP contribution in [0.2, 0.25) is 0 Å². The van der Waals surface area contributed by atoms with Gasteiger partial charge < -0.3 is 9.29 Å². The lowest BCUT2D eigenvalue weighted by molar-refractivity contribution is -0.137. The van der Waals surface area contributed by atoms with E-state index in [1.165, 1.54) is 6.07 Å². The molecular weight excluding hydrogens is 367 g/mol. The van der Waals surface area contributed by atoms with Gasteiger partial charge in [-0.2, -0.15) is 18.2 Å². The highest BCUT2D eigenvalue weighted by Crippen LogP contribution is 2.31. The van der Waals surface area contributed by atoms with E-state index in [0.29, 0.717) is 17.0 Å². The number of halogens is 3. The molecule has 1 atom stereocenters. The summed E-state index contributed by atoms with van der Waals surface area (Å²) in [6.07, 6.45) is -2.82. The molecule has 1 aromatic carbocycles. The number of alkyl halides is 3. The van der Waals surface area contributed by atoms with Gasteiger partial charge in [-0.3, -0.25) is 9.97 Å². The molecule has 1 N–H and O–H groups in total. The number of pyridine rings is 1. The average molecular weight is 383 g/mol. The van der Waals surface area contributed by atoms with Crippen LogP contribution >= 0.6 is 0 Å². The highest BCUT2D eigenvalue weighted by atomic mass is 32.2. The Bertz CT molecular complexity index is 956. The number of methoxy groups -OCH3 is 1. The summed E-state index contributed by atoms with van der Waals surface area (Å²) < 4.78 is 56.3. The van der Waals surface area contributed by atoms with Gasteiger partial charge in [0.15, 0.2) is 5.75 Å². The fourth-order valence-electron chi connectivity index (χ4n) is 2.68. The van der Waals surface area contributed by atoms with Gasteiger partial charge in [0.1, 0.15) is 5.75 Å². The molecule has 0 amide bonds. The maximum atomic E-state index is 12.8. The zero-order chi connectivity index (χ0) is 19.1. The Labute approximate surface area is 150 Å². The molecule has 9 heteroatoms. The summed E-state index contributed by atoms with van der Waals surface area (Å²) in [5.74, 6) is 0.750. The lowest BCUT2D eigenvalue weighted by atomic mass is 10.1. The molecule has 0 bridgehead atoms. The molecule has 3 rings (SSSR count). The number of hydrogen-bond acceptors (Lipinski definition) is 4. The van der Waals surface area contributed by atoms with E-state index >= 15 is 0 Å². The summed E-state index contributed by atoms with van der Waals surface area (Å²) >= 11 is -1.59. The van der Waals surface area contributed by atoms with Gasteiger partial charge >= 0.3 is 11.3 Å². The van der Waals surface area contributed by atoms with Crippen LogP contribution in [0.5, 0.6) is 5.75 Å². The van der Waals surface area contributed by atoms with Crippen molar-refractivity contribution in [2.75, 3.05) is 7.11 Å². The van der Waals surface area contributed by atoms with Crippen LogP contribution in [0.15, 0.2) is 29.6 Å². The molecule has 0 spiro atoms. The van der Waals surface area contributed by atoms with E-state index in [4.69, 9.17) is 4.74 Å². The number of benzene rings is 1. The summed E-state index contributed by atoms with van der Waals surface area (Å²) in [6.45, 7) is 3.68. The molecule has 5 nitrogen and oxygen atoms in total. The molecule has 1 unspecified atom stereocenters. The highest BCUT2D eigenvalue weighted by Gasteiger charge is 2.31. The molecule has 26 heavy (non-hydrogen) atoms. The molecule has 0 saturated heterocycles. The topological polar surface area (TPSA) is 73.9 Å². The lowest BCUT2D eigenvalue weighted by Gasteiger charge is -2.13. The summed E-state index contributed by atoms with van der Waals surface area (Å²) in [7, 11) is 1.55. The SMILES string of the molecule is COc1c(C)cnc(C[S+]([O-])c2nc3cc(C(F)(F)F)ccc3[nH]2)c1C. The van der Waals surface area contributed by atoms with Crippen LogP contribution < -0.4 is 4.74 Å². The Morgan fingerprint density at radius 1 is 1.27 bits per heavy atom. The summed E-state index contributed by atoms with van der Waals surface area (Å²) in [5.41, 5.74) is 1.94. The van der Waals surface area contributed by atoms with Crippen molar-refractivity contribution in [3.63, 3.8) is 0 Å². The second-order valence-electron chi connectivity index (χ2n) is 5.81. The van der Waals surface area contributed by atoms with E-state index in [-0.39, 0.29) is 16.4 Å². The number of aromatic nitrogens is 3. The van der Waals surface area contributed by atoms with E-state index in [0.717, 1.165) is 23.3 Å². The van der Waals surface area contributed by atoms with E-state index < -0.39 is 22.9 Å². The second-order valence-corrected chi connectivity index (χ2v) is 7.17. The van der Waals surface area contributed by atoms with Crippen LogP contribution in [-0.2, 0) is 23.1 Å². The number of hydrogen-bond donors (Lipinski definition) is 1. The fourth-order valence-corrected chi connectivity index (χ4v) is 3.78. The third-order valence-corrected chi connectivity index (χ3v) is 5.18. The summed E-state index contributed by atoms with van der Waals surface area (Å²) in [5, 5.41) is 0.111. The Hall–Kier alpha value is -2.26. The number of nitrogens with zero attached hydrogens (tertiary/aromatic N) is 2. The number of ether oxygens (including phenoxy) is 1. The quantitative estimate of drug-likeness (QED) is 0.693. The van der Waals surface area contributed by atoms with E-state index in [9.17, 15) is 17.7 Å². The zero-order valence-corrected chi connectivity index (χ0v) is 15.1. The van der Waals surface area contributed by atoms with Crippen molar-refractivity contribution in [3.05, 3.63) is 46.8 Å². The van der Waals surface area contributed by atoms with Crippen LogP contribution in [0.4, 0.5) is 13.2 Å². The normalized spacial score (nSPS) is 13.2. The van der Waals surface area contributed by atoms with Crippen molar-refractivity contribution in [2.45, 2.75) is 30.9 Å². The first kappa shape index (κ1) is 18.5. The molecular formula is C17H16F3N3O2S. The zero-order valence-electron chi connectivity index (χ0n) is 14.3. The van der Waals surface area contributed by atoms with E-state index in [1.807, 2.05) is 13.8 Å². The van der Waals surface area contributed by atoms with Crippen LogP contribution in [0, 0.1) is 13.8 Å². The van der Waals surface area contributed by atoms with Crippen LogP contribution in [0.1, 0.15) is 22.4 Å². The Morgan fingerprint density at radius 3 is 2.65 bits per heavy atom. The minimum atomic E-state index is -4.45. The van der Waals surface area contributed by atoms with Crippen LogP contribution in [0.3, 0.4) is 0 Å². The molecule has 0 radical (unpaired) electrons. The van der Waals surface area contributed by atoms with Crippen molar-refractivity contribution >= 4 is 22.2 Å². The predicted octanol–water partition coefficient (Wildman–Crippen LogP) is 3.91. The molecule has 2 aromatic heterocycles. The first-order valence-corrected chi connectivity index (χ1v) is 8.97. The number of fused-ring (bicyclic) bond motifs is 1. The Morgan fingerprint density at radius 2 is 2.00 bits per heavy atom. The number of rotatable bonds is 4. The summed E-state index contributed by atoms with van der Waals surface area (Å²) in [6, 6.07) is 3.18. The minimum Gasteiger partial charge on any atom is -0.609 e. The van der Waals surface area contributed by atoms with Gasteiger partial charge in [0.05, 0.1) is 29.4 Å². The molecule has 0 aliphatic carbocycles. The number of aryl methyl sites for hydroxylation is 1. The largest absolute Gasteiger partial charge is 0.609 e. The smallest absolute Gasteiger partial charge is 0.416 e. The van der Waals surface area contributed by atoms with E-state index in [2.05, 4.69) is 15.0 Å². The van der Waals surface area contributed by atoms with Crippen molar-refractivity contribution < 1.29 is 22.5 Å². The number of imidazole rings is 1. The molecule has 0 aliphatic heterocycles. The van der Waals surface area contributed by atoms with E-state index in [1.54, 1.807) is 13.3 Å². The van der Waals surface area contributed by atoms with Crippen molar-refractivity contribution in [1.29, 1.82) is 0 Å². The highest BCUT2D eigenvalue weighted by molar-refractivity contribution is 7.90. The lowest BCUT2D eigenvalue weighted by Crippen LogP contribution is -2.10. The standard InChI is InChI=1S/C17H16F3N3O2S/c1-9-7-21-14(10(2)15(9)25-3)8-26(24)16-22-12-5-4-11(17(18,19)20)6-13(12)23-16/h4-7H,8H2,1-3H3,(H,22,23). The third kappa shape index (κ3) is 3.49. The van der Waals surface area contributed by atoms with Gasteiger partial charge in [0, 0.05) is 28.5 Å². The Kier molecular flexibility index (Phi) is 4.85. The minimum absolute atomic E-state index is 0.0778. The maximum absolute atomic E-state index is 12.8. The predicted molar refractivity (Wildman–Crippen MR) is 91.5 cm³/mol. The summed E-state index contributed by atoms with van der Waals surface area (Å²) in [4.78, 5) is 11.2. The molecule has 0 saturated carbocycles. The van der Waals surface area contributed by atoms with Gasteiger partial charge in [-0.05, 0) is 32.0 Å². The van der Waals surface area contributed by atoms with Gasteiger partial charge in [0.2, 0.25) is 0 Å². The molecule has 2 heterocycles. The molecule has 0 fully saturated rings. The second kappa shape index (κ2) is 6.81. The number of H-pyrrole nitrogens is 1. The van der Waals surface area contributed by atoms with Gasteiger partial charge in [-0.1, -0.05) is 0 Å².